The number of alkyl halides is 2. The summed E-state index contributed by atoms with van der Waals surface area (Å²) in [5.74, 6) is -2.75. The normalized spacial score (nSPS) is 29.5. The first-order valence-electron chi connectivity index (χ1n) is 10.5. The van der Waals surface area contributed by atoms with Crippen molar-refractivity contribution >= 4 is 17.1 Å². The topological polar surface area (TPSA) is 79.2 Å². The fourth-order valence-electron chi connectivity index (χ4n) is 5.04. The van der Waals surface area contributed by atoms with Gasteiger partial charge in [0.05, 0.1) is 23.5 Å². The van der Waals surface area contributed by atoms with E-state index in [4.69, 9.17) is 0 Å². The molecule has 1 unspecified atom stereocenters. The van der Waals surface area contributed by atoms with Gasteiger partial charge in [0.15, 0.2) is 0 Å². The Morgan fingerprint density at radius 1 is 1.23 bits per heavy atom. The molecule has 3 aromatic rings. The molecule has 3 atom stereocenters. The van der Waals surface area contributed by atoms with Gasteiger partial charge < -0.3 is 4.90 Å². The minimum absolute atomic E-state index is 0.0569. The van der Waals surface area contributed by atoms with Gasteiger partial charge in [-0.1, -0.05) is 6.92 Å². The number of fused-ring (bicyclic) bond motifs is 1. The van der Waals surface area contributed by atoms with Gasteiger partial charge in [-0.2, -0.15) is 15.5 Å². The summed E-state index contributed by atoms with van der Waals surface area (Å²) in [6, 6.07) is 5.16. The Bertz CT molecular complexity index is 1270. The molecule has 6 rings (SSSR count). The fourth-order valence-corrected chi connectivity index (χ4v) is 5.04. The summed E-state index contributed by atoms with van der Waals surface area (Å²) >= 11 is 0. The van der Waals surface area contributed by atoms with Crippen molar-refractivity contribution in [3.05, 3.63) is 36.9 Å². The maximum absolute atomic E-state index is 13.4. The average Bonchev–Trinajstić information content (AvgIpc) is 3.52. The molecule has 4 heterocycles. The first kappa shape index (κ1) is 18.5. The molecule has 0 N–H and O–H groups in total. The molecule has 3 fully saturated rings. The van der Waals surface area contributed by atoms with E-state index in [1.165, 1.54) is 4.68 Å². The van der Waals surface area contributed by atoms with Crippen LogP contribution in [0, 0.1) is 28.6 Å². The maximum Gasteiger partial charge on any atom is 0.272 e. The monoisotopic (exact) mass is 422 g/mol. The lowest BCUT2D eigenvalue weighted by molar-refractivity contribution is -0.124. The number of halogens is 2. The first-order valence-corrected chi connectivity index (χ1v) is 10.5. The van der Waals surface area contributed by atoms with Crippen LogP contribution in [0.5, 0.6) is 0 Å². The van der Waals surface area contributed by atoms with E-state index in [0.29, 0.717) is 17.8 Å². The molecular weight excluding hydrogens is 402 g/mol. The number of aromatic nitrogens is 4. The third kappa shape index (κ3) is 2.51. The highest BCUT2D eigenvalue weighted by atomic mass is 19.3. The third-order valence-electron chi connectivity index (χ3n) is 7.06. The molecular formula is C22H20F2N6O. The minimum Gasteiger partial charge on any atom is -0.309 e. The van der Waals surface area contributed by atoms with E-state index in [2.05, 4.69) is 16.3 Å². The van der Waals surface area contributed by atoms with Crippen LogP contribution in [-0.2, 0) is 4.79 Å². The van der Waals surface area contributed by atoms with Crippen molar-refractivity contribution in [2.24, 2.45) is 17.3 Å². The zero-order valence-electron chi connectivity index (χ0n) is 16.9. The molecule has 2 saturated carbocycles. The summed E-state index contributed by atoms with van der Waals surface area (Å²) in [7, 11) is 0. The number of carbonyl (C=O) groups is 1. The highest BCUT2D eigenvalue weighted by Crippen LogP contribution is 2.55. The standard InChI is InChI=1S/C22H20F2N6O/c1-13-9-28(20(31)21(13,12-25)16-2-3-16)17-4-5-26-29-10-14(6-18(17)29)15-8-27-30(11-15)19-7-22(19,23)24/h4-6,8,10-11,13,16,19H,2-3,7,9H2,1H3/t13-,19?,21+/m1/s1. The van der Waals surface area contributed by atoms with Crippen LogP contribution in [0.1, 0.15) is 32.2 Å². The number of nitriles is 1. The second-order valence-corrected chi connectivity index (χ2v) is 9.04. The van der Waals surface area contributed by atoms with Gasteiger partial charge in [-0.15, -0.1) is 0 Å². The van der Waals surface area contributed by atoms with E-state index < -0.39 is 17.4 Å². The fraction of sp³-hybridized carbons (Fsp3) is 0.455. The SMILES string of the molecule is C[C@@H]1CN(c2ccnn3cc(-c4cnn(C5CC5(F)F)c4)cc23)C(=O)[C@]1(C#N)C1CC1. The van der Waals surface area contributed by atoms with Gasteiger partial charge in [-0.25, -0.2) is 13.3 Å². The number of anilines is 1. The molecule has 0 radical (unpaired) electrons. The predicted octanol–water partition coefficient (Wildman–Crippen LogP) is 3.68. The van der Waals surface area contributed by atoms with Crippen molar-refractivity contribution in [3.8, 4) is 17.2 Å². The molecule has 7 nitrogen and oxygen atoms in total. The second kappa shape index (κ2) is 5.90. The Hall–Kier alpha value is -3.28. The number of rotatable bonds is 4. The zero-order chi connectivity index (χ0) is 21.5. The number of carbonyl (C=O) groups excluding carboxylic acids is 1. The Morgan fingerprint density at radius 3 is 2.68 bits per heavy atom. The third-order valence-corrected chi connectivity index (χ3v) is 7.06. The summed E-state index contributed by atoms with van der Waals surface area (Å²) in [5, 5.41) is 18.4. The Kier molecular flexibility index (Phi) is 3.52. The molecule has 0 spiro atoms. The maximum atomic E-state index is 13.4. The Labute approximate surface area is 176 Å². The number of amides is 1. The van der Waals surface area contributed by atoms with Gasteiger partial charge in [-0.3, -0.25) is 9.48 Å². The van der Waals surface area contributed by atoms with Gasteiger partial charge in [0.25, 0.3) is 5.92 Å². The van der Waals surface area contributed by atoms with E-state index in [9.17, 15) is 18.8 Å². The molecule has 0 bridgehead atoms. The van der Waals surface area contributed by atoms with Crippen molar-refractivity contribution in [2.75, 3.05) is 11.4 Å². The van der Waals surface area contributed by atoms with Crippen molar-refractivity contribution in [1.82, 2.24) is 19.4 Å². The van der Waals surface area contributed by atoms with Crippen LogP contribution in [0.3, 0.4) is 0 Å². The van der Waals surface area contributed by atoms with Gasteiger partial charge in [0, 0.05) is 48.6 Å². The number of hydrogen-bond acceptors (Lipinski definition) is 4. The summed E-state index contributed by atoms with van der Waals surface area (Å²) in [5.41, 5.74) is 1.98. The van der Waals surface area contributed by atoms with Crippen LogP contribution in [0.2, 0.25) is 0 Å². The van der Waals surface area contributed by atoms with Crippen LogP contribution in [0.4, 0.5) is 14.5 Å². The minimum atomic E-state index is -2.69. The summed E-state index contributed by atoms with van der Waals surface area (Å²) in [6.07, 6.45) is 8.27. The highest BCUT2D eigenvalue weighted by Gasteiger charge is 2.61. The van der Waals surface area contributed by atoms with Gasteiger partial charge in [-0.05, 0) is 30.9 Å². The lowest BCUT2D eigenvalue weighted by atomic mass is 9.75. The zero-order valence-corrected chi connectivity index (χ0v) is 16.9. The van der Waals surface area contributed by atoms with E-state index in [1.807, 2.05) is 13.0 Å². The molecule has 2 aliphatic carbocycles. The van der Waals surface area contributed by atoms with Crippen molar-refractivity contribution < 1.29 is 13.6 Å². The van der Waals surface area contributed by atoms with Crippen LogP contribution >= 0.6 is 0 Å². The molecule has 158 valence electrons. The number of nitrogens with zero attached hydrogens (tertiary/aromatic N) is 6. The van der Waals surface area contributed by atoms with Crippen LogP contribution in [0.25, 0.3) is 16.6 Å². The number of hydrogen-bond donors (Lipinski definition) is 0. The summed E-state index contributed by atoms with van der Waals surface area (Å²) < 4.78 is 29.7. The largest absolute Gasteiger partial charge is 0.309 e. The molecule has 9 heteroatoms. The Morgan fingerprint density at radius 2 is 2.00 bits per heavy atom. The lowest BCUT2D eigenvalue weighted by Crippen LogP contribution is -2.37. The van der Waals surface area contributed by atoms with Crippen LogP contribution in [-0.4, -0.2) is 37.8 Å². The van der Waals surface area contributed by atoms with E-state index in [-0.39, 0.29) is 24.2 Å². The summed E-state index contributed by atoms with van der Waals surface area (Å²) in [6.45, 7) is 2.46. The van der Waals surface area contributed by atoms with E-state index in [1.54, 1.807) is 40.3 Å². The van der Waals surface area contributed by atoms with Gasteiger partial charge in [0.1, 0.15) is 11.5 Å². The molecule has 1 aliphatic heterocycles. The van der Waals surface area contributed by atoms with Crippen molar-refractivity contribution in [1.29, 1.82) is 5.26 Å². The molecule has 1 saturated heterocycles. The molecule has 31 heavy (non-hydrogen) atoms. The average molecular weight is 422 g/mol. The summed E-state index contributed by atoms with van der Waals surface area (Å²) in [4.78, 5) is 15.1. The molecule has 3 aromatic heterocycles. The van der Waals surface area contributed by atoms with Crippen LogP contribution in [0.15, 0.2) is 36.9 Å². The smallest absolute Gasteiger partial charge is 0.272 e. The van der Waals surface area contributed by atoms with Crippen molar-refractivity contribution in [2.45, 2.75) is 38.2 Å². The first-order chi connectivity index (χ1) is 14.8. The Balaban J connectivity index is 1.38. The molecule has 1 amide bonds. The van der Waals surface area contributed by atoms with Gasteiger partial charge >= 0.3 is 0 Å². The predicted molar refractivity (Wildman–Crippen MR) is 107 cm³/mol. The highest BCUT2D eigenvalue weighted by molar-refractivity contribution is 6.05. The molecule has 0 aromatic carbocycles. The quantitative estimate of drug-likeness (QED) is 0.643. The second-order valence-electron chi connectivity index (χ2n) is 9.04. The van der Waals surface area contributed by atoms with Crippen molar-refractivity contribution in [3.63, 3.8) is 0 Å². The van der Waals surface area contributed by atoms with Gasteiger partial charge in [0.2, 0.25) is 5.91 Å². The lowest BCUT2D eigenvalue weighted by Gasteiger charge is -2.23. The van der Waals surface area contributed by atoms with E-state index >= 15 is 0 Å². The van der Waals surface area contributed by atoms with E-state index in [0.717, 1.165) is 23.9 Å². The molecule has 3 aliphatic rings. The van der Waals surface area contributed by atoms with Crippen LogP contribution < -0.4 is 4.90 Å².